The van der Waals surface area contributed by atoms with Crippen molar-refractivity contribution < 1.29 is 8.42 Å². The van der Waals surface area contributed by atoms with E-state index in [1.165, 1.54) is 6.20 Å². The Morgan fingerprint density at radius 1 is 1.41 bits per heavy atom. The van der Waals surface area contributed by atoms with E-state index in [4.69, 9.17) is 0 Å². The summed E-state index contributed by atoms with van der Waals surface area (Å²) in [5.41, 5.74) is 0. The SMILES string of the molecule is CCCC(CC)NS(=O)(=O)c1cnc(CC)[nH]1. The smallest absolute Gasteiger partial charge is 0.257 e. The fourth-order valence-electron chi connectivity index (χ4n) is 1.64. The van der Waals surface area contributed by atoms with Gasteiger partial charge in [-0.2, -0.15) is 0 Å². The number of aryl methyl sites for hydroxylation is 1. The van der Waals surface area contributed by atoms with Gasteiger partial charge < -0.3 is 4.98 Å². The molecule has 0 saturated heterocycles. The molecule has 0 aliphatic rings. The third kappa shape index (κ3) is 3.81. The van der Waals surface area contributed by atoms with Crippen LogP contribution < -0.4 is 4.72 Å². The zero-order valence-corrected chi connectivity index (χ0v) is 11.5. The largest absolute Gasteiger partial charge is 0.332 e. The highest BCUT2D eigenvalue weighted by Crippen LogP contribution is 2.10. The van der Waals surface area contributed by atoms with Gasteiger partial charge in [-0.3, -0.25) is 0 Å². The number of aromatic nitrogens is 2. The zero-order chi connectivity index (χ0) is 12.9. The van der Waals surface area contributed by atoms with E-state index in [9.17, 15) is 8.42 Å². The maximum Gasteiger partial charge on any atom is 0.257 e. The van der Waals surface area contributed by atoms with E-state index in [0.717, 1.165) is 19.3 Å². The topological polar surface area (TPSA) is 74.8 Å². The third-order valence-electron chi connectivity index (χ3n) is 2.68. The van der Waals surface area contributed by atoms with Crippen molar-refractivity contribution in [2.45, 2.75) is 57.5 Å². The Hall–Kier alpha value is -0.880. The van der Waals surface area contributed by atoms with Gasteiger partial charge in [0.2, 0.25) is 0 Å². The number of hydrogen-bond acceptors (Lipinski definition) is 3. The molecule has 0 aromatic carbocycles. The molecule has 0 aliphatic carbocycles. The first-order chi connectivity index (χ1) is 8.03. The molecule has 1 atom stereocenters. The molecule has 0 aliphatic heterocycles. The molecule has 98 valence electrons. The summed E-state index contributed by atoms with van der Waals surface area (Å²) in [6, 6.07) is -0.00150. The van der Waals surface area contributed by atoms with Crippen LogP contribution in [0.2, 0.25) is 0 Å². The number of sulfonamides is 1. The van der Waals surface area contributed by atoms with Crippen LogP contribution in [0, 0.1) is 0 Å². The molecule has 0 fully saturated rings. The molecular weight excluding hydrogens is 238 g/mol. The minimum absolute atomic E-state index is 0.00150. The van der Waals surface area contributed by atoms with Crippen LogP contribution in [0.1, 0.15) is 45.9 Å². The van der Waals surface area contributed by atoms with Gasteiger partial charge in [-0.15, -0.1) is 0 Å². The summed E-state index contributed by atoms with van der Waals surface area (Å²) in [5, 5.41) is 0.156. The number of hydrogen-bond donors (Lipinski definition) is 2. The van der Waals surface area contributed by atoms with E-state index < -0.39 is 10.0 Å². The highest BCUT2D eigenvalue weighted by Gasteiger charge is 2.20. The Kier molecular flexibility index (Phi) is 5.14. The van der Waals surface area contributed by atoms with Crippen molar-refractivity contribution in [1.29, 1.82) is 0 Å². The van der Waals surface area contributed by atoms with Gasteiger partial charge in [-0.1, -0.05) is 27.2 Å². The molecule has 0 saturated carbocycles. The molecule has 1 heterocycles. The number of nitrogens with zero attached hydrogens (tertiary/aromatic N) is 1. The second-order valence-electron chi connectivity index (χ2n) is 4.06. The van der Waals surface area contributed by atoms with Gasteiger partial charge in [0.25, 0.3) is 10.0 Å². The van der Waals surface area contributed by atoms with Crippen LogP contribution in [0.4, 0.5) is 0 Å². The maximum absolute atomic E-state index is 12.0. The molecule has 1 unspecified atom stereocenters. The number of rotatable bonds is 7. The number of nitrogens with one attached hydrogen (secondary N) is 2. The molecule has 0 spiro atoms. The Bertz CT molecular complexity index is 439. The van der Waals surface area contributed by atoms with E-state index in [1.54, 1.807) is 0 Å². The van der Waals surface area contributed by atoms with Gasteiger partial charge in [-0.05, 0) is 12.8 Å². The van der Waals surface area contributed by atoms with E-state index >= 15 is 0 Å². The van der Waals surface area contributed by atoms with Crippen LogP contribution >= 0.6 is 0 Å². The molecule has 2 N–H and O–H groups in total. The standard InChI is InChI=1S/C11H21N3O2S/c1-4-7-9(5-2)14-17(15,16)11-8-12-10(6-3)13-11/h8-9,14H,4-7H2,1-3H3,(H,12,13). The average Bonchev–Trinajstić information content (AvgIpc) is 2.77. The quantitative estimate of drug-likeness (QED) is 0.784. The summed E-state index contributed by atoms with van der Waals surface area (Å²) >= 11 is 0. The van der Waals surface area contributed by atoms with E-state index in [-0.39, 0.29) is 11.1 Å². The molecule has 1 aromatic heterocycles. The predicted octanol–water partition coefficient (Wildman–Crippen LogP) is 1.83. The highest BCUT2D eigenvalue weighted by atomic mass is 32.2. The number of imidazole rings is 1. The zero-order valence-electron chi connectivity index (χ0n) is 10.7. The molecule has 0 amide bonds. The van der Waals surface area contributed by atoms with Crippen LogP contribution in [-0.2, 0) is 16.4 Å². The van der Waals surface area contributed by atoms with E-state index in [0.29, 0.717) is 12.2 Å². The third-order valence-corrected chi connectivity index (χ3v) is 4.11. The summed E-state index contributed by atoms with van der Waals surface area (Å²) in [5.74, 6) is 0.689. The number of aromatic amines is 1. The Morgan fingerprint density at radius 2 is 2.12 bits per heavy atom. The maximum atomic E-state index is 12.0. The molecule has 17 heavy (non-hydrogen) atoms. The molecular formula is C11H21N3O2S. The second-order valence-corrected chi connectivity index (χ2v) is 5.75. The van der Waals surface area contributed by atoms with Crippen LogP contribution in [0.15, 0.2) is 11.2 Å². The first-order valence-corrected chi connectivity index (χ1v) is 7.58. The summed E-state index contributed by atoms with van der Waals surface area (Å²) < 4.78 is 26.7. The molecule has 0 bridgehead atoms. The summed E-state index contributed by atoms with van der Waals surface area (Å²) in [4.78, 5) is 6.82. The van der Waals surface area contributed by atoms with Gasteiger partial charge in [0, 0.05) is 12.5 Å². The van der Waals surface area contributed by atoms with Gasteiger partial charge in [0.05, 0.1) is 6.20 Å². The van der Waals surface area contributed by atoms with Crippen LogP contribution in [0.3, 0.4) is 0 Å². The lowest BCUT2D eigenvalue weighted by Crippen LogP contribution is -2.34. The Labute approximate surface area is 103 Å². The van der Waals surface area contributed by atoms with Crippen molar-refractivity contribution in [2.75, 3.05) is 0 Å². The van der Waals surface area contributed by atoms with Gasteiger partial charge >= 0.3 is 0 Å². The van der Waals surface area contributed by atoms with E-state index in [2.05, 4.69) is 14.7 Å². The molecule has 6 heteroatoms. The van der Waals surface area contributed by atoms with Crippen molar-refractivity contribution >= 4 is 10.0 Å². The van der Waals surface area contributed by atoms with Crippen LogP contribution in [-0.4, -0.2) is 24.4 Å². The lowest BCUT2D eigenvalue weighted by Gasteiger charge is -2.15. The highest BCUT2D eigenvalue weighted by molar-refractivity contribution is 7.89. The summed E-state index contributed by atoms with van der Waals surface area (Å²) in [6.45, 7) is 5.95. The van der Waals surface area contributed by atoms with Crippen molar-refractivity contribution in [3.05, 3.63) is 12.0 Å². The molecule has 1 rings (SSSR count). The number of H-pyrrole nitrogens is 1. The van der Waals surface area contributed by atoms with Crippen molar-refractivity contribution in [1.82, 2.24) is 14.7 Å². The van der Waals surface area contributed by atoms with Crippen molar-refractivity contribution in [3.63, 3.8) is 0 Å². The summed E-state index contributed by atoms with van der Waals surface area (Å²) in [7, 11) is -3.45. The Balaban J connectivity index is 2.80. The minimum atomic E-state index is -3.45. The summed E-state index contributed by atoms with van der Waals surface area (Å²) in [6.07, 6.45) is 4.68. The first kappa shape index (κ1) is 14.2. The molecule has 0 radical (unpaired) electrons. The lowest BCUT2D eigenvalue weighted by molar-refractivity contribution is 0.510. The minimum Gasteiger partial charge on any atom is -0.332 e. The van der Waals surface area contributed by atoms with Crippen LogP contribution in [0.25, 0.3) is 0 Å². The predicted molar refractivity (Wildman–Crippen MR) is 67.3 cm³/mol. The second kappa shape index (κ2) is 6.16. The first-order valence-electron chi connectivity index (χ1n) is 6.09. The van der Waals surface area contributed by atoms with Crippen LogP contribution in [0.5, 0.6) is 0 Å². The van der Waals surface area contributed by atoms with Gasteiger partial charge in [-0.25, -0.2) is 18.1 Å². The fourth-order valence-corrected chi connectivity index (χ4v) is 2.93. The monoisotopic (exact) mass is 259 g/mol. The fraction of sp³-hybridized carbons (Fsp3) is 0.727. The Morgan fingerprint density at radius 3 is 2.59 bits per heavy atom. The van der Waals surface area contributed by atoms with Crippen molar-refractivity contribution in [3.8, 4) is 0 Å². The van der Waals surface area contributed by atoms with E-state index in [1.807, 2.05) is 20.8 Å². The lowest BCUT2D eigenvalue weighted by atomic mass is 10.1. The normalized spacial score (nSPS) is 13.8. The molecule has 5 nitrogen and oxygen atoms in total. The van der Waals surface area contributed by atoms with Gasteiger partial charge in [0.1, 0.15) is 5.82 Å². The van der Waals surface area contributed by atoms with Crippen molar-refractivity contribution in [2.24, 2.45) is 0 Å². The average molecular weight is 259 g/mol. The van der Waals surface area contributed by atoms with Gasteiger partial charge in [0.15, 0.2) is 5.03 Å². The molecule has 1 aromatic rings.